The van der Waals surface area contributed by atoms with Crippen molar-refractivity contribution in [3.05, 3.63) is 28.8 Å². The Labute approximate surface area is 108 Å². The number of hydrogen-bond acceptors (Lipinski definition) is 3. The van der Waals surface area contributed by atoms with Gasteiger partial charge in [-0.05, 0) is 55.0 Å². The maximum absolute atomic E-state index is 10.7. The summed E-state index contributed by atoms with van der Waals surface area (Å²) in [6.07, 6.45) is 1.94. The van der Waals surface area contributed by atoms with E-state index in [2.05, 4.69) is 6.92 Å². The van der Waals surface area contributed by atoms with E-state index in [1.54, 1.807) is 0 Å². The number of carbonyl (C=O) groups excluding carboxylic acids is 1. The Kier molecular flexibility index (Phi) is 6.12. The molecule has 0 saturated carbocycles. The highest BCUT2D eigenvalue weighted by Crippen LogP contribution is 2.24. The molecule has 1 rings (SSSR count). The van der Waals surface area contributed by atoms with Crippen LogP contribution in [0.15, 0.2) is 12.1 Å². The molecule has 0 spiro atoms. The van der Waals surface area contributed by atoms with Crippen LogP contribution in [0.4, 0.5) is 0 Å². The first-order chi connectivity index (χ1) is 8.19. The van der Waals surface area contributed by atoms with Gasteiger partial charge < -0.3 is 4.74 Å². The Morgan fingerprint density at radius 2 is 1.94 bits per heavy atom. The number of hydrogen-bond donors (Lipinski definition) is 0. The van der Waals surface area contributed by atoms with Crippen molar-refractivity contribution in [1.82, 2.24) is 0 Å². The van der Waals surface area contributed by atoms with Gasteiger partial charge in [0, 0.05) is 5.56 Å². The van der Waals surface area contributed by atoms with E-state index < -0.39 is 0 Å². The predicted octanol–water partition coefficient (Wildman–Crippen LogP) is 3.64. The van der Waals surface area contributed by atoms with Crippen LogP contribution in [-0.4, -0.2) is 24.4 Å². The molecule has 3 heteroatoms. The maximum Gasteiger partial charge on any atom is 0.150 e. The summed E-state index contributed by atoms with van der Waals surface area (Å²) in [6.45, 7) is 6.87. The minimum atomic E-state index is 0.717. The summed E-state index contributed by atoms with van der Waals surface area (Å²) in [5, 5.41) is 0. The van der Waals surface area contributed by atoms with E-state index in [1.165, 1.54) is 0 Å². The van der Waals surface area contributed by atoms with Crippen LogP contribution in [0.3, 0.4) is 0 Å². The molecule has 0 aliphatic rings. The first kappa shape index (κ1) is 14.1. The second kappa shape index (κ2) is 7.38. The first-order valence-electron chi connectivity index (χ1n) is 5.96. The van der Waals surface area contributed by atoms with Gasteiger partial charge in [0.15, 0.2) is 0 Å². The van der Waals surface area contributed by atoms with Crippen LogP contribution in [-0.2, 0) is 0 Å². The number of aldehydes is 1. The van der Waals surface area contributed by atoms with Crippen molar-refractivity contribution in [2.24, 2.45) is 0 Å². The van der Waals surface area contributed by atoms with Crippen LogP contribution < -0.4 is 4.74 Å². The Balaban J connectivity index is 2.56. The number of aryl methyl sites for hydroxylation is 2. The van der Waals surface area contributed by atoms with Crippen LogP contribution in [0.5, 0.6) is 5.75 Å². The molecule has 94 valence electrons. The smallest absolute Gasteiger partial charge is 0.150 e. The fourth-order valence-corrected chi connectivity index (χ4v) is 2.37. The summed E-state index contributed by atoms with van der Waals surface area (Å²) in [5.74, 6) is 3.23. The van der Waals surface area contributed by atoms with Crippen LogP contribution in [0.25, 0.3) is 0 Å². The van der Waals surface area contributed by atoms with Crippen molar-refractivity contribution in [3.8, 4) is 5.75 Å². The zero-order chi connectivity index (χ0) is 12.7. The van der Waals surface area contributed by atoms with Gasteiger partial charge in [-0.25, -0.2) is 0 Å². The van der Waals surface area contributed by atoms with Crippen LogP contribution in [0.1, 0.15) is 34.8 Å². The summed E-state index contributed by atoms with van der Waals surface area (Å²) in [4.78, 5) is 10.7. The summed E-state index contributed by atoms with van der Waals surface area (Å²) in [7, 11) is 0. The number of thioether (sulfide) groups is 1. The molecule has 0 saturated heterocycles. The normalized spacial score (nSPS) is 10.3. The van der Waals surface area contributed by atoms with E-state index in [0.29, 0.717) is 5.56 Å². The van der Waals surface area contributed by atoms with Gasteiger partial charge >= 0.3 is 0 Å². The van der Waals surface area contributed by atoms with Crippen LogP contribution >= 0.6 is 11.8 Å². The molecule has 0 atom stereocenters. The summed E-state index contributed by atoms with van der Waals surface area (Å²) in [6, 6.07) is 3.74. The third kappa shape index (κ3) is 4.43. The zero-order valence-electron chi connectivity index (χ0n) is 10.8. The Morgan fingerprint density at radius 3 is 2.47 bits per heavy atom. The van der Waals surface area contributed by atoms with E-state index in [9.17, 15) is 4.79 Å². The molecule has 0 unspecified atom stereocenters. The molecule has 0 amide bonds. The predicted molar refractivity (Wildman–Crippen MR) is 74.4 cm³/mol. The van der Waals surface area contributed by atoms with E-state index in [1.807, 2.05) is 37.7 Å². The molecule has 0 radical (unpaired) electrons. The van der Waals surface area contributed by atoms with Crippen LogP contribution in [0.2, 0.25) is 0 Å². The molecule has 0 fully saturated rings. The molecule has 0 N–H and O–H groups in total. The second-order valence-corrected chi connectivity index (χ2v) is 5.39. The van der Waals surface area contributed by atoms with Crippen molar-refractivity contribution in [1.29, 1.82) is 0 Å². The number of ether oxygens (including phenoxy) is 1. The quantitative estimate of drug-likeness (QED) is 0.547. The molecule has 0 aromatic heterocycles. The van der Waals surface area contributed by atoms with Gasteiger partial charge in [0.1, 0.15) is 12.0 Å². The average Bonchev–Trinajstić information content (AvgIpc) is 2.31. The largest absolute Gasteiger partial charge is 0.493 e. The third-order valence-corrected chi connectivity index (χ3v) is 3.49. The first-order valence-corrected chi connectivity index (χ1v) is 7.11. The lowest BCUT2D eigenvalue weighted by atomic mass is 10.1. The molecule has 0 aliphatic carbocycles. The van der Waals surface area contributed by atoms with Gasteiger partial charge in [-0.2, -0.15) is 11.8 Å². The highest BCUT2D eigenvalue weighted by atomic mass is 32.2. The molecule has 2 nitrogen and oxygen atoms in total. The fraction of sp³-hybridized carbons (Fsp3) is 0.500. The Morgan fingerprint density at radius 1 is 1.29 bits per heavy atom. The van der Waals surface area contributed by atoms with Gasteiger partial charge in [-0.15, -0.1) is 0 Å². The SMILES string of the molecule is CCSCCCOc1c(C)cc(C=O)cc1C. The molecule has 0 heterocycles. The fourth-order valence-electron chi connectivity index (χ4n) is 1.76. The number of carbonyl (C=O) groups is 1. The average molecular weight is 252 g/mol. The lowest BCUT2D eigenvalue weighted by molar-refractivity contribution is 0.112. The standard InChI is InChI=1S/C14H20O2S/c1-4-17-7-5-6-16-14-11(2)8-13(10-15)9-12(14)3/h8-10H,4-7H2,1-3H3. The van der Waals surface area contributed by atoms with Crippen molar-refractivity contribution in [2.75, 3.05) is 18.1 Å². The highest BCUT2D eigenvalue weighted by molar-refractivity contribution is 7.99. The minimum absolute atomic E-state index is 0.717. The maximum atomic E-state index is 10.7. The number of rotatable bonds is 7. The van der Waals surface area contributed by atoms with E-state index >= 15 is 0 Å². The molecule has 1 aromatic carbocycles. The Bertz CT molecular complexity index is 351. The molecule has 1 aromatic rings. The van der Waals surface area contributed by atoms with E-state index in [4.69, 9.17) is 4.74 Å². The van der Waals surface area contributed by atoms with Crippen molar-refractivity contribution in [3.63, 3.8) is 0 Å². The van der Waals surface area contributed by atoms with Gasteiger partial charge in [0.05, 0.1) is 6.61 Å². The topological polar surface area (TPSA) is 26.3 Å². The van der Waals surface area contributed by atoms with Crippen molar-refractivity contribution >= 4 is 18.0 Å². The lowest BCUT2D eigenvalue weighted by Gasteiger charge is -2.12. The van der Waals surface area contributed by atoms with Crippen molar-refractivity contribution < 1.29 is 9.53 Å². The van der Waals surface area contributed by atoms with Gasteiger partial charge in [-0.3, -0.25) is 4.79 Å². The van der Waals surface area contributed by atoms with E-state index in [0.717, 1.165) is 47.7 Å². The second-order valence-electron chi connectivity index (χ2n) is 4.00. The van der Waals surface area contributed by atoms with Gasteiger partial charge in [-0.1, -0.05) is 6.92 Å². The Hall–Kier alpha value is -0.960. The number of benzene rings is 1. The summed E-state index contributed by atoms with van der Waals surface area (Å²) in [5.41, 5.74) is 2.79. The lowest BCUT2D eigenvalue weighted by Crippen LogP contribution is -2.02. The van der Waals surface area contributed by atoms with Crippen LogP contribution in [0, 0.1) is 13.8 Å². The summed E-state index contributed by atoms with van der Waals surface area (Å²) < 4.78 is 5.78. The molecule has 17 heavy (non-hydrogen) atoms. The zero-order valence-corrected chi connectivity index (χ0v) is 11.6. The minimum Gasteiger partial charge on any atom is -0.493 e. The third-order valence-electron chi connectivity index (χ3n) is 2.50. The molecule has 0 aliphatic heterocycles. The molecule has 0 bridgehead atoms. The van der Waals surface area contributed by atoms with E-state index in [-0.39, 0.29) is 0 Å². The van der Waals surface area contributed by atoms with Gasteiger partial charge in [0.2, 0.25) is 0 Å². The van der Waals surface area contributed by atoms with Crippen molar-refractivity contribution in [2.45, 2.75) is 27.2 Å². The monoisotopic (exact) mass is 252 g/mol. The highest BCUT2D eigenvalue weighted by Gasteiger charge is 2.05. The van der Waals surface area contributed by atoms with Gasteiger partial charge in [0.25, 0.3) is 0 Å². The molecular weight excluding hydrogens is 232 g/mol. The summed E-state index contributed by atoms with van der Waals surface area (Å²) >= 11 is 1.93. The molecular formula is C14H20O2S.